The number of fused-ring (bicyclic) bond motifs is 1. The standard InChI is InChI=1S/C16H12N4O3S/c17-24(21,22)12-6-4-11(5-7-12)15-14-3-1-2-9-20(14)18-16(15)13-8-10-23-19-13/h1-10H,(H2,17,21,22). The maximum atomic E-state index is 11.4. The van der Waals surface area contributed by atoms with Gasteiger partial charge in [0.2, 0.25) is 10.0 Å². The minimum Gasteiger partial charge on any atom is -0.364 e. The van der Waals surface area contributed by atoms with E-state index in [4.69, 9.17) is 9.66 Å². The topological polar surface area (TPSA) is 103 Å². The predicted molar refractivity (Wildman–Crippen MR) is 87.5 cm³/mol. The average molecular weight is 340 g/mol. The molecule has 0 aliphatic rings. The SMILES string of the molecule is NS(=O)(=O)c1ccc(-c2c(-c3ccon3)nn3ccccc23)cc1. The Morgan fingerprint density at radius 2 is 1.83 bits per heavy atom. The van der Waals surface area contributed by atoms with Crippen molar-refractivity contribution in [2.75, 3.05) is 0 Å². The van der Waals surface area contributed by atoms with Crippen LogP contribution in [0.3, 0.4) is 0 Å². The molecule has 0 amide bonds. The molecular weight excluding hydrogens is 328 g/mol. The summed E-state index contributed by atoms with van der Waals surface area (Å²) in [4.78, 5) is 0.0608. The number of sulfonamides is 1. The Hall–Kier alpha value is -2.97. The maximum Gasteiger partial charge on any atom is 0.238 e. The van der Waals surface area contributed by atoms with Crippen molar-refractivity contribution in [3.8, 4) is 22.5 Å². The highest BCUT2D eigenvalue weighted by Gasteiger charge is 2.18. The number of hydrogen-bond donors (Lipinski definition) is 1. The van der Waals surface area contributed by atoms with Gasteiger partial charge in [0.05, 0.1) is 10.4 Å². The van der Waals surface area contributed by atoms with Gasteiger partial charge in [-0.05, 0) is 29.8 Å². The fraction of sp³-hybridized carbons (Fsp3) is 0. The fourth-order valence-electron chi connectivity index (χ4n) is 2.61. The van der Waals surface area contributed by atoms with Crippen molar-refractivity contribution in [3.63, 3.8) is 0 Å². The van der Waals surface area contributed by atoms with Crippen molar-refractivity contribution >= 4 is 15.5 Å². The van der Waals surface area contributed by atoms with Crippen molar-refractivity contribution in [2.24, 2.45) is 5.14 Å². The van der Waals surface area contributed by atoms with Crippen molar-refractivity contribution in [3.05, 3.63) is 61.0 Å². The first-order valence-electron chi connectivity index (χ1n) is 7.05. The van der Waals surface area contributed by atoms with Crippen LogP contribution in [0.15, 0.2) is 70.4 Å². The van der Waals surface area contributed by atoms with Crippen LogP contribution < -0.4 is 5.14 Å². The molecule has 0 saturated carbocycles. The first-order valence-corrected chi connectivity index (χ1v) is 8.60. The number of nitrogens with zero attached hydrogens (tertiary/aromatic N) is 3. The van der Waals surface area contributed by atoms with E-state index in [0.717, 1.165) is 16.6 Å². The highest BCUT2D eigenvalue weighted by molar-refractivity contribution is 7.89. The van der Waals surface area contributed by atoms with Gasteiger partial charge in [0.1, 0.15) is 17.7 Å². The molecule has 1 aromatic carbocycles. The zero-order chi connectivity index (χ0) is 16.7. The molecule has 0 aliphatic heterocycles. The van der Waals surface area contributed by atoms with E-state index >= 15 is 0 Å². The molecule has 120 valence electrons. The van der Waals surface area contributed by atoms with Crippen LogP contribution in [0.2, 0.25) is 0 Å². The van der Waals surface area contributed by atoms with Gasteiger partial charge in [-0.15, -0.1) is 0 Å². The third kappa shape index (κ3) is 2.38. The molecule has 0 atom stereocenters. The van der Waals surface area contributed by atoms with Crippen LogP contribution in [0.5, 0.6) is 0 Å². The number of hydrogen-bond acceptors (Lipinski definition) is 5. The van der Waals surface area contributed by atoms with Gasteiger partial charge in [0.25, 0.3) is 0 Å². The molecule has 3 aromatic heterocycles. The Balaban J connectivity index is 1.97. The Morgan fingerprint density at radius 3 is 2.50 bits per heavy atom. The highest BCUT2D eigenvalue weighted by Crippen LogP contribution is 2.34. The molecule has 0 unspecified atom stereocenters. The summed E-state index contributed by atoms with van der Waals surface area (Å²) in [6.07, 6.45) is 3.31. The van der Waals surface area contributed by atoms with Crippen LogP contribution in [0.4, 0.5) is 0 Å². The molecule has 0 spiro atoms. The number of nitrogens with two attached hydrogens (primary N) is 1. The molecule has 0 bridgehead atoms. The fourth-order valence-corrected chi connectivity index (χ4v) is 3.12. The van der Waals surface area contributed by atoms with Crippen LogP contribution >= 0.6 is 0 Å². The predicted octanol–water partition coefficient (Wildman–Crippen LogP) is 2.30. The van der Waals surface area contributed by atoms with E-state index < -0.39 is 10.0 Å². The van der Waals surface area contributed by atoms with Crippen LogP contribution in [-0.4, -0.2) is 23.2 Å². The monoisotopic (exact) mass is 340 g/mol. The van der Waals surface area contributed by atoms with Gasteiger partial charge in [-0.25, -0.2) is 18.1 Å². The quantitative estimate of drug-likeness (QED) is 0.616. The largest absolute Gasteiger partial charge is 0.364 e. The first-order chi connectivity index (χ1) is 11.5. The molecule has 3 heterocycles. The second-order valence-corrected chi connectivity index (χ2v) is 6.77. The van der Waals surface area contributed by atoms with E-state index in [1.807, 2.05) is 24.4 Å². The normalized spacial score (nSPS) is 11.9. The average Bonchev–Trinajstić information content (AvgIpc) is 3.21. The summed E-state index contributed by atoms with van der Waals surface area (Å²) < 4.78 is 29.5. The second kappa shape index (κ2) is 5.29. The molecule has 4 aromatic rings. The lowest BCUT2D eigenvalue weighted by Gasteiger charge is -2.03. The van der Waals surface area contributed by atoms with Crippen molar-refractivity contribution < 1.29 is 12.9 Å². The number of aromatic nitrogens is 3. The zero-order valence-electron chi connectivity index (χ0n) is 12.3. The lowest BCUT2D eigenvalue weighted by Crippen LogP contribution is -2.11. The number of primary sulfonamides is 1. The Morgan fingerprint density at radius 1 is 1.04 bits per heavy atom. The number of rotatable bonds is 3. The lowest BCUT2D eigenvalue weighted by molar-refractivity contribution is 0.422. The van der Waals surface area contributed by atoms with E-state index in [2.05, 4.69) is 10.3 Å². The Labute approximate surface area is 137 Å². The summed E-state index contributed by atoms with van der Waals surface area (Å²) in [5.74, 6) is 0. The second-order valence-electron chi connectivity index (χ2n) is 5.21. The molecule has 7 nitrogen and oxygen atoms in total. The molecule has 0 fully saturated rings. The van der Waals surface area contributed by atoms with Crippen LogP contribution in [0.25, 0.3) is 28.0 Å². The van der Waals surface area contributed by atoms with Gasteiger partial charge in [0, 0.05) is 17.8 Å². The molecule has 24 heavy (non-hydrogen) atoms. The van der Waals surface area contributed by atoms with Gasteiger partial charge in [-0.3, -0.25) is 0 Å². The van der Waals surface area contributed by atoms with Gasteiger partial charge in [0.15, 0.2) is 0 Å². The van der Waals surface area contributed by atoms with Gasteiger partial charge >= 0.3 is 0 Å². The van der Waals surface area contributed by atoms with Crippen LogP contribution in [0.1, 0.15) is 0 Å². The summed E-state index contributed by atoms with van der Waals surface area (Å²) in [5.41, 5.74) is 3.77. The summed E-state index contributed by atoms with van der Waals surface area (Å²) in [6, 6.07) is 13.8. The van der Waals surface area contributed by atoms with E-state index in [-0.39, 0.29) is 4.90 Å². The summed E-state index contributed by atoms with van der Waals surface area (Å²) in [5, 5.41) is 13.7. The Bertz CT molecular complexity index is 1110. The highest BCUT2D eigenvalue weighted by atomic mass is 32.2. The zero-order valence-corrected chi connectivity index (χ0v) is 13.1. The van der Waals surface area contributed by atoms with Crippen molar-refractivity contribution in [2.45, 2.75) is 4.90 Å². The maximum absolute atomic E-state index is 11.4. The summed E-state index contributed by atoms with van der Waals surface area (Å²) >= 11 is 0. The molecule has 2 N–H and O–H groups in total. The number of pyridine rings is 1. The third-order valence-corrected chi connectivity index (χ3v) is 4.62. The molecule has 0 aliphatic carbocycles. The first kappa shape index (κ1) is 14.6. The lowest BCUT2D eigenvalue weighted by atomic mass is 10.0. The molecule has 0 radical (unpaired) electrons. The summed E-state index contributed by atoms with van der Waals surface area (Å²) in [6.45, 7) is 0. The van der Waals surface area contributed by atoms with E-state index in [1.165, 1.54) is 18.4 Å². The minimum absolute atomic E-state index is 0.0608. The van der Waals surface area contributed by atoms with E-state index in [1.54, 1.807) is 22.7 Å². The van der Waals surface area contributed by atoms with Gasteiger partial charge < -0.3 is 4.52 Å². The van der Waals surface area contributed by atoms with E-state index in [9.17, 15) is 8.42 Å². The molecule has 8 heteroatoms. The van der Waals surface area contributed by atoms with Gasteiger partial charge in [-0.2, -0.15) is 5.10 Å². The Kier molecular flexibility index (Phi) is 3.22. The minimum atomic E-state index is -3.73. The smallest absolute Gasteiger partial charge is 0.238 e. The van der Waals surface area contributed by atoms with Crippen molar-refractivity contribution in [1.29, 1.82) is 0 Å². The molecule has 4 rings (SSSR count). The summed E-state index contributed by atoms with van der Waals surface area (Å²) in [7, 11) is -3.73. The van der Waals surface area contributed by atoms with Gasteiger partial charge in [-0.1, -0.05) is 23.4 Å². The molecule has 0 saturated heterocycles. The van der Waals surface area contributed by atoms with Crippen LogP contribution in [-0.2, 0) is 10.0 Å². The van der Waals surface area contributed by atoms with E-state index in [0.29, 0.717) is 11.4 Å². The number of benzene rings is 1. The third-order valence-electron chi connectivity index (χ3n) is 3.69. The van der Waals surface area contributed by atoms with Crippen molar-refractivity contribution in [1.82, 2.24) is 14.8 Å². The van der Waals surface area contributed by atoms with Crippen LogP contribution in [0, 0.1) is 0 Å². The molecular formula is C16H12N4O3S.